The molecule has 2 fully saturated rings. The average Bonchev–Trinajstić information content (AvgIpc) is 2.80. The van der Waals surface area contributed by atoms with E-state index in [2.05, 4.69) is 13.0 Å². The standard InChI is InChI=1S/C21H29FO2/c1-12(22)7-14-8-13-9-15(23)3-4-17(13)18-5-6-21(2)11-16(24)10-19(21)20(14)18/h3-4,9,12,14,16,18-20,23-24H,5-8,10-11H2,1-2H3/t12?,14-,16+,18-,19+,20-,21-/m1/s1. The highest BCUT2D eigenvalue weighted by atomic mass is 19.1. The smallest absolute Gasteiger partial charge is 0.115 e. The molecule has 1 aromatic rings. The lowest BCUT2D eigenvalue weighted by molar-refractivity contribution is 0.0168. The minimum Gasteiger partial charge on any atom is -0.508 e. The van der Waals surface area contributed by atoms with E-state index in [1.165, 1.54) is 11.1 Å². The molecule has 0 aliphatic heterocycles. The van der Waals surface area contributed by atoms with E-state index >= 15 is 0 Å². The Hall–Kier alpha value is -1.09. The molecule has 0 saturated heterocycles. The van der Waals surface area contributed by atoms with Crippen LogP contribution in [-0.4, -0.2) is 22.5 Å². The van der Waals surface area contributed by atoms with E-state index in [1.54, 1.807) is 13.0 Å². The summed E-state index contributed by atoms with van der Waals surface area (Å²) in [6, 6.07) is 5.77. The van der Waals surface area contributed by atoms with Crippen LogP contribution in [-0.2, 0) is 6.42 Å². The highest BCUT2D eigenvalue weighted by molar-refractivity contribution is 5.40. The number of rotatable bonds is 2. The molecule has 0 radical (unpaired) electrons. The van der Waals surface area contributed by atoms with Gasteiger partial charge in [0.15, 0.2) is 0 Å². The number of hydrogen-bond donors (Lipinski definition) is 2. The second-order valence-electron chi connectivity index (χ2n) is 8.94. The van der Waals surface area contributed by atoms with Crippen LogP contribution < -0.4 is 0 Å². The predicted molar refractivity (Wildman–Crippen MR) is 92.8 cm³/mol. The SMILES string of the molecule is CC(F)C[C@@H]1Cc2cc(O)ccc2[C@H]2CC[C@]3(C)C[C@@H](O)C[C@H]3[C@H]12. The Morgan fingerprint density at radius 3 is 2.92 bits per heavy atom. The minimum absolute atomic E-state index is 0.191. The van der Waals surface area contributed by atoms with Crippen molar-refractivity contribution in [3.63, 3.8) is 0 Å². The van der Waals surface area contributed by atoms with Crippen LogP contribution in [0.2, 0.25) is 0 Å². The monoisotopic (exact) mass is 332 g/mol. The molecule has 0 heterocycles. The fourth-order valence-electron chi connectivity index (χ4n) is 6.44. The minimum atomic E-state index is -0.797. The van der Waals surface area contributed by atoms with Crippen LogP contribution in [0.25, 0.3) is 0 Å². The van der Waals surface area contributed by atoms with Crippen LogP contribution in [0.4, 0.5) is 4.39 Å². The summed E-state index contributed by atoms with van der Waals surface area (Å²) in [6.07, 6.45) is 4.52. The molecule has 4 rings (SSSR count). The number of phenols is 1. The van der Waals surface area contributed by atoms with Gasteiger partial charge in [-0.15, -0.1) is 0 Å². The number of alkyl halides is 1. The van der Waals surface area contributed by atoms with Gasteiger partial charge >= 0.3 is 0 Å². The van der Waals surface area contributed by atoms with Gasteiger partial charge in [-0.2, -0.15) is 0 Å². The zero-order valence-corrected chi connectivity index (χ0v) is 14.7. The lowest BCUT2D eigenvalue weighted by atomic mass is 9.52. The summed E-state index contributed by atoms with van der Waals surface area (Å²) < 4.78 is 13.9. The lowest BCUT2D eigenvalue weighted by Crippen LogP contribution is -2.44. The molecular weight excluding hydrogens is 303 g/mol. The molecule has 3 aliphatic rings. The third-order valence-corrected chi connectivity index (χ3v) is 7.26. The van der Waals surface area contributed by atoms with Crippen molar-refractivity contribution in [2.75, 3.05) is 0 Å². The van der Waals surface area contributed by atoms with E-state index < -0.39 is 6.17 Å². The summed E-state index contributed by atoms with van der Waals surface area (Å²) in [5.74, 6) is 2.06. The van der Waals surface area contributed by atoms with Gasteiger partial charge in [-0.05, 0) is 97.8 Å². The predicted octanol–water partition coefficient (Wildman–Crippen LogP) is 4.58. The largest absolute Gasteiger partial charge is 0.508 e. The molecule has 2 saturated carbocycles. The summed E-state index contributed by atoms with van der Waals surface area (Å²) in [5, 5.41) is 20.2. The van der Waals surface area contributed by atoms with Crippen molar-refractivity contribution < 1.29 is 14.6 Å². The Kier molecular flexibility index (Phi) is 3.91. The molecule has 2 N–H and O–H groups in total. The number of hydrogen-bond acceptors (Lipinski definition) is 2. The molecule has 132 valence electrons. The second kappa shape index (κ2) is 5.72. The normalized spacial score (nSPS) is 42.1. The van der Waals surface area contributed by atoms with Crippen LogP contribution in [0.15, 0.2) is 18.2 Å². The van der Waals surface area contributed by atoms with Crippen molar-refractivity contribution in [3.05, 3.63) is 29.3 Å². The van der Waals surface area contributed by atoms with Crippen molar-refractivity contribution in [1.29, 1.82) is 0 Å². The second-order valence-corrected chi connectivity index (χ2v) is 8.94. The van der Waals surface area contributed by atoms with Gasteiger partial charge in [-0.1, -0.05) is 13.0 Å². The van der Waals surface area contributed by atoms with Gasteiger partial charge in [0.05, 0.1) is 12.3 Å². The molecule has 1 aromatic carbocycles. The van der Waals surface area contributed by atoms with Crippen LogP contribution >= 0.6 is 0 Å². The van der Waals surface area contributed by atoms with Crippen molar-refractivity contribution in [2.45, 2.75) is 70.6 Å². The molecular formula is C21H29FO2. The lowest BCUT2D eigenvalue weighted by Gasteiger charge is -2.52. The zero-order chi connectivity index (χ0) is 17.1. The van der Waals surface area contributed by atoms with E-state index in [9.17, 15) is 14.6 Å². The van der Waals surface area contributed by atoms with Gasteiger partial charge in [0.2, 0.25) is 0 Å². The third kappa shape index (κ3) is 2.56. The van der Waals surface area contributed by atoms with Crippen molar-refractivity contribution in [3.8, 4) is 5.75 Å². The van der Waals surface area contributed by atoms with Crippen molar-refractivity contribution in [1.82, 2.24) is 0 Å². The highest BCUT2D eigenvalue weighted by Crippen LogP contribution is 2.62. The highest BCUT2D eigenvalue weighted by Gasteiger charge is 2.55. The van der Waals surface area contributed by atoms with Gasteiger partial charge in [0, 0.05) is 0 Å². The summed E-state index contributed by atoms with van der Waals surface area (Å²) in [7, 11) is 0. The Labute approximate surface area is 144 Å². The van der Waals surface area contributed by atoms with E-state index in [0.29, 0.717) is 35.8 Å². The molecule has 0 bridgehead atoms. The Balaban J connectivity index is 1.75. The number of fused-ring (bicyclic) bond motifs is 5. The fourth-order valence-corrected chi connectivity index (χ4v) is 6.44. The maximum absolute atomic E-state index is 13.9. The van der Waals surface area contributed by atoms with Crippen molar-refractivity contribution >= 4 is 0 Å². The van der Waals surface area contributed by atoms with E-state index in [4.69, 9.17) is 0 Å². The third-order valence-electron chi connectivity index (χ3n) is 7.26. The van der Waals surface area contributed by atoms with Gasteiger partial charge < -0.3 is 10.2 Å². The first-order chi connectivity index (χ1) is 11.4. The zero-order valence-electron chi connectivity index (χ0n) is 14.7. The molecule has 3 heteroatoms. The number of aliphatic hydroxyl groups excluding tert-OH is 1. The maximum atomic E-state index is 13.9. The fraction of sp³-hybridized carbons (Fsp3) is 0.714. The first kappa shape index (κ1) is 16.4. The van der Waals surface area contributed by atoms with Gasteiger partial charge in [0.1, 0.15) is 5.75 Å². The topological polar surface area (TPSA) is 40.5 Å². The summed E-state index contributed by atoms with van der Waals surface area (Å²) in [6.45, 7) is 4.00. The van der Waals surface area contributed by atoms with E-state index in [0.717, 1.165) is 32.1 Å². The first-order valence-electron chi connectivity index (χ1n) is 9.51. The Morgan fingerprint density at radius 1 is 1.38 bits per heavy atom. The van der Waals surface area contributed by atoms with Gasteiger partial charge in [-0.3, -0.25) is 0 Å². The molecule has 1 unspecified atom stereocenters. The number of aliphatic hydroxyl groups is 1. The first-order valence-corrected chi connectivity index (χ1v) is 9.51. The van der Waals surface area contributed by atoms with Crippen LogP contribution in [0.5, 0.6) is 5.75 Å². The van der Waals surface area contributed by atoms with Crippen molar-refractivity contribution in [2.24, 2.45) is 23.2 Å². The Bertz CT molecular complexity index is 628. The number of phenolic OH excluding ortho intramolecular Hbond substituents is 1. The molecule has 0 amide bonds. The van der Waals surface area contributed by atoms with Crippen LogP contribution in [0, 0.1) is 23.2 Å². The van der Waals surface area contributed by atoms with E-state index in [1.807, 2.05) is 6.07 Å². The van der Waals surface area contributed by atoms with Crippen LogP contribution in [0.3, 0.4) is 0 Å². The molecule has 0 aromatic heterocycles. The number of halogens is 1. The summed E-state index contributed by atoms with van der Waals surface area (Å²) >= 11 is 0. The maximum Gasteiger partial charge on any atom is 0.115 e. The average molecular weight is 332 g/mol. The molecule has 7 atom stereocenters. The summed E-state index contributed by atoms with van der Waals surface area (Å²) in [4.78, 5) is 0. The Morgan fingerprint density at radius 2 is 2.17 bits per heavy atom. The number of benzene rings is 1. The van der Waals surface area contributed by atoms with Gasteiger partial charge in [-0.25, -0.2) is 4.39 Å². The van der Waals surface area contributed by atoms with E-state index in [-0.39, 0.29) is 11.5 Å². The molecule has 24 heavy (non-hydrogen) atoms. The molecule has 0 spiro atoms. The quantitative estimate of drug-likeness (QED) is 0.832. The molecule has 3 aliphatic carbocycles. The molecule has 2 nitrogen and oxygen atoms in total. The number of aromatic hydroxyl groups is 1. The van der Waals surface area contributed by atoms with Gasteiger partial charge in [0.25, 0.3) is 0 Å². The summed E-state index contributed by atoms with van der Waals surface area (Å²) in [5.41, 5.74) is 2.79. The van der Waals surface area contributed by atoms with Crippen LogP contribution in [0.1, 0.15) is 63.0 Å².